The number of phenols is 1. The Morgan fingerprint density at radius 2 is 1.50 bits per heavy atom. The molecule has 2 aromatic rings. The van der Waals surface area contributed by atoms with Gasteiger partial charge in [-0.1, -0.05) is 30.3 Å². The molecule has 4 amide bonds. The quantitative estimate of drug-likeness (QED) is 0.289. The molecule has 0 saturated heterocycles. The second-order valence-electron chi connectivity index (χ2n) is 11.0. The molecule has 0 aliphatic heterocycles. The average Bonchev–Trinajstić information content (AvgIpc) is 2.82. The van der Waals surface area contributed by atoms with Crippen LogP contribution in [0.4, 0.5) is 4.79 Å². The molecule has 0 unspecified atom stereocenters. The Labute approximate surface area is 236 Å². The molecular weight excluding hydrogens is 512 g/mol. The number of benzene rings is 2. The number of hydrogen-bond donors (Lipinski definition) is 5. The molecule has 0 fully saturated rings. The van der Waals surface area contributed by atoms with Crippen molar-refractivity contribution in [2.75, 3.05) is 6.54 Å². The van der Waals surface area contributed by atoms with Crippen molar-refractivity contribution < 1.29 is 29.0 Å². The summed E-state index contributed by atoms with van der Waals surface area (Å²) in [6.45, 7) is 11.9. The van der Waals surface area contributed by atoms with Crippen molar-refractivity contribution in [3.05, 3.63) is 64.7 Å². The number of rotatable bonds is 11. The third kappa shape index (κ3) is 11.0. The topological polar surface area (TPSA) is 146 Å². The Morgan fingerprint density at radius 1 is 0.900 bits per heavy atom. The van der Waals surface area contributed by atoms with Crippen molar-refractivity contribution in [1.29, 1.82) is 0 Å². The summed E-state index contributed by atoms with van der Waals surface area (Å²) >= 11 is 0. The summed E-state index contributed by atoms with van der Waals surface area (Å²) in [6.07, 6.45) is -0.119. The highest BCUT2D eigenvalue weighted by molar-refractivity contribution is 5.91. The van der Waals surface area contributed by atoms with E-state index in [0.29, 0.717) is 6.42 Å². The van der Waals surface area contributed by atoms with Crippen LogP contribution < -0.4 is 21.3 Å². The van der Waals surface area contributed by atoms with Gasteiger partial charge in [-0.2, -0.15) is 0 Å². The number of carbonyl (C=O) groups is 4. The molecular formula is C30H42N4O6. The second kappa shape index (κ2) is 14.3. The molecule has 0 radical (unpaired) electrons. The lowest BCUT2D eigenvalue weighted by Crippen LogP contribution is -2.55. The first-order valence-corrected chi connectivity index (χ1v) is 13.3. The van der Waals surface area contributed by atoms with Crippen molar-refractivity contribution >= 4 is 23.8 Å². The molecule has 2 aromatic carbocycles. The van der Waals surface area contributed by atoms with E-state index in [1.165, 1.54) is 6.92 Å². The summed E-state index contributed by atoms with van der Waals surface area (Å²) in [4.78, 5) is 50.4. The van der Waals surface area contributed by atoms with Crippen molar-refractivity contribution in [2.24, 2.45) is 0 Å². The largest absolute Gasteiger partial charge is 0.508 e. The Morgan fingerprint density at radius 3 is 2.05 bits per heavy atom. The number of aromatic hydroxyl groups is 1. The van der Waals surface area contributed by atoms with Gasteiger partial charge in [0, 0.05) is 19.9 Å². The zero-order chi connectivity index (χ0) is 30.0. The molecule has 10 heteroatoms. The smallest absolute Gasteiger partial charge is 0.408 e. The lowest BCUT2D eigenvalue weighted by atomic mass is 9.95. The first-order chi connectivity index (χ1) is 18.6. The minimum Gasteiger partial charge on any atom is -0.508 e. The van der Waals surface area contributed by atoms with Gasteiger partial charge in [0.2, 0.25) is 17.7 Å². The van der Waals surface area contributed by atoms with Crippen LogP contribution in [0, 0.1) is 13.8 Å². The molecule has 2 rings (SSSR count). The highest BCUT2D eigenvalue weighted by Crippen LogP contribution is 2.22. The van der Waals surface area contributed by atoms with Gasteiger partial charge >= 0.3 is 6.09 Å². The molecule has 0 spiro atoms. The Hall–Kier alpha value is -4.08. The molecule has 5 N–H and O–H groups in total. The summed E-state index contributed by atoms with van der Waals surface area (Å²) in [7, 11) is 0. The molecule has 218 valence electrons. The number of nitrogens with one attached hydrogen (secondary N) is 4. The van der Waals surface area contributed by atoms with Gasteiger partial charge in [0.05, 0.1) is 6.04 Å². The summed E-state index contributed by atoms with van der Waals surface area (Å²) in [5.41, 5.74) is 2.54. The van der Waals surface area contributed by atoms with Crippen LogP contribution in [0.3, 0.4) is 0 Å². The van der Waals surface area contributed by atoms with E-state index >= 15 is 0 Å². The minimum atomic E-state index is -1.04. The van der Waals surface area contributed by atoms with Gasteiger partial charge in [0.1, 0.15) is 23.4 Å². The summed E-state index contributed by atoms with van der Waals surface area (Å²) in [5.74, 6) is -1.12. The van der Waals surface area contributed by atoms with Gasteiger partial charge in [-0.3, -0.25) is 14.4 Å². The first kappa shape index (κ1) is 32.1. The van der Waals surface area contributed by atoms with Crippen molar-refractivity contribution in [1.82, 2.24) is 21.3 Å². The zero-order valence-electron chi connectivity index (χ0n) is 24.4. The van der Waals surface area contributed by atoms with Crippen LogP contribution in [0.2, 0.25) is 0 Å². The zero-order valence-corrected chi connectivity index (χ0v) is 24.4. The predicted octanol–water partition coefficient (Wildman–Crippen LogP) is 2.81. The van der Waals surface area contributed by atoms with Gasteiger partial charge in [0.25, 0.3) is 0 Å². The summed E-state index contributed by atoms with van der Waals surface area (Å²) < 4.78 is 5.35. The lowest BCUT2D eigenvalue weighted by molar-refractivity contribution is -0.129. The molecule has 40 heavy (non-hydrogen) atoms. The summed E-state index contributed by atoms with van der Waals surface area (Å²) in [6, 6.07) is 10.4. The van der Waals surface area contributed by atoms with E-state index in [1.807, 2.05) is 44.2 Å². The van der Waals surface area contributed by atoms with E-state index in [0.717, 1.165) is 22.3 Å². The molecule has 10 nitrogen and oxygen atoms in total. The van der Waals surface area contributed by atoms with E-state index < -0.39 is 35.6 Å². The van der Waals surface area contributed by atoms with Gasteiger partial charge in [-0.25, -0.2) is 4.79 Å². The van der Waals surface area contributed by atoms with Crippen LogP contribution in [0.25, 0.3) is 0 Å². The van der Waals surface area contributed by atoms with Crippen molar-refractivity contribution in [3.63, 3.8) is 0 Å². The van der Waals surface area contributed by atoms with Gasteiger partial charge in [-0.05, 0) is 82.3 Å². The molecule has 3 atom stereocenters. The first-order valence-electron chi connectivity index (χ1n) is 13.3. The average molecular weight is 555 g/mol. The normalized spacial score (nSPS) is 13.4. The maximum absolute atomic E-state index is 13.3. The Balaban J connectivity index is 2.11. The highest BCUT2D eigenvalue weighted by Gasteiger charge is 2.28. The fourth-order valence-electron chi connectivity index (χ4n) is 4.27. The number of alkyl carbamates (subject to hydrolysis) is 1. The number of aryl methyl sites for hydroxylation is 2. The van der Waals surface area contributed by atoms with Crippen LogP contribution in [-0.2, 0) is 32.0 Å². The summed E-state index contributed by atoms with van der Waals surface area (Å²) in [5, 5.41) is 20.8. The maximum atomic E-state index is 13.3. The predicted molar refractivity (Wildman–Crippen MR) is 153 cm³/mol. The van der Waals surface area contributed by atoms with Crippen LogP contribution >= 0.6 is 0 Å². The van der Waals surface area contributed by atoms with Gasteiger partial charge in [-0.15, -0.1) is 0 Å². The van der Waals surface area contributed by atoms with Gasteiger partial charge < -0.3 is 31.1 Å². The van der Waals surface area contributed by atoms with Crippen molar-refractivity contribution in [3.8, 4) is 5.75 Å². The third-order valence-corrected chi connectivity index (χ3v) is 6.10. The van der Waals surface area contributed by atoms with E-state index in [2.05, 4.69) is 21.3 Å². The lowest BCUT2D eigenvalue weighted by Gasteiger charge is -2.25. The molecule has 0 heterocycles. The third-order valence-electron chi connectivity index (χ3n) is 6.10. The molecule has 0 saturated carbocycles. The molecule has 0 aliphatic carbocycles. The van der Waals surface area contributed by atoms with Gasteiger partial charge in [0.15, 0.2) is 0 Å². The molecule has 0 aliphatic rings. The fourth-order valence-corrected chi connectivity index (χ4v) is 4.27. The molecule has 0 aromatic heterocycles. The van der Waals surface area contributed by atoms with E-state index in [4.69, 9.17) is 4.74 Å². The number of ether oxygens (including phenoxy) is 1. The van der Waals surface area contributed by atoms with Crippen LogP contribution in [0.1, 0.15) is 56.9 Å². The number of hydrogen-bond acceptors (Lipinski definition) is 6. The van der Waals surface area contributed by atoms with Crippen LogP contribution in [0.15, 0.2) is 42.5 Å². The maximum Gasteiger partial charge on any atom is 0.408 e. The Kier molecular flexibility index (Phi) is 11.5. The second-order valence-corrected chi connectivity index (χ2v) is 11.0. The molecule has 0 bridgehead atoms. The SMILES string of the molecule is CC(=O)N[C@H](CNC(=O)[C@@H](C)NC(=O)[C@H](Cc1c(C)cc(O)cc1C)NC(=O)OC(C)(C)C)Cc1ccccc1. The Bertz CT molecular complexity index is 1170. The van der Waals surface area contributed by atoms with E-state index in [-0.39, 0.29) is 30.7 Å². The van der Waals surface area contributed by atoms with Crippen LogP contribution in [0.5, 0.6) is 5.75 Å². The number of amides is 4. The standard InChI is InChI=1S/C30H42N4O6/c1-18-13-24(36)14-19(2)25(18)16-26(34-29(39)40-30(5,6)7)28(38)32-20(3)27(37)31-17-23(33-21(4)35)15-22-11-9-8-10-12-22/h8-14,20,23,26,36H,15-17H2,1-7H3,(H,31,37)(H,32,38)(H,33,35)(H,34,39)/t20-,23+,26+/m1/s1. The van der Waals surface area contributed by atoms with Crippen molar-refractivity contribution in [2.45, 2.75) is 85.0 Å². The number of phenolic OH excluding ortho intramolecular Hbond substituents is 1. The highest BCUT2D eigenvalue weighted by atomic mass is 16.6. The van der Waals surface area contributed by atoms with Crippen LogP contribution in [-0.4, -0.2) is 59.2 Å². The van der Waals surface area contributed by atoms with E-state index in [9.17, 15) is 24.3 Å². The minimum absolute atomic E-state index is 0.106. The number of carbonyl (C=O) groups excluding carboxylic acids is 4. The van der Waals surface area contributed by atoms with E-state index in [1.54, 1.807) is 39.8 Å². The monoisotopic (exact) mass is 554 g/mol. The fraction of sp³-hybridized carbons (Fsp3) is 0.467.